The Morgan fingerprint density at radius 2 is 2.00 bits per heavy atom. The lowest BCUT2D eigenvalue weighted by Crippen LogP contribution is -2.33. The summed E-state index contributed by atoms with van der Waals surface area (Å²) in [6.07, 6.45) is 6.78. The molecule has 1 aromatic heterocycles. The van der Waals surface area contributed by atoms with Crippen LogP contribution < -0.4 is 5.32 Å². The molecule has 0 atom stereocenters. The van der Waals surface area contributed by atoms with Gasteiger partial charge in [0.2, 0.25) is 0 Å². The third kappa shape index (κ3) is 4.36. The third-order valence-corrected chi connectivity index (χ3v) is 3.77. The summed E-state index contributed by atoms with van der Waals surface area (Å²) >= 11 is 5.93. The zero-order valence-electron chi connectivity index (χ0n) is 12.1. The molecule has 0 aliphatic carbocycles. The number of halogens is 1. The van der Waals surface area contributed by atoms with Crippen molar-refractivity contribution in [3.05, 3.63) is 53.6 Å². The first-order chi connectivity index (χ1) is 9.58. The molecule has 0 saturated carbocycles. The molecular weight excluding hydrogens is 270 g/mol. The molecule has 0 spiro atoms. The van der Waals surface area contributed by atoms with Crippen LogP contribution in [-0.2, 0) is 12.0 Å². The summed E-state index contributed by atoms with van der Waals surface area (Å²) in [4.78, 5) is 4.04. The monoisotopic (exact) mass is 291 g/mol. The normalized spacial score (nSPS) is 11.8. The van der Waals surface area contributed by atoms with Crippen LogP contribution in [0.15, 0.2) is 43.0 Å². The number of aryl methyl sites for hydroxylation is 1. The molecule has 0 bridgehead atoms. The summed E-state index contributed by atoms with van der Waals surface area (Å²) in [6.45, 7) is 7.47. The van der Waals surface area contributed by atoms with Crippen LogP contribution in [0.5, 0.6) is 0 Å². The van der Waals surface area contributed by atoms with E-state index in [0.29, 0.717) is 0 Å². The molecule has 1 heterocycles. The number of nitrogens with zero attached hydrogens (tertiary/aromatic N) is 2. The second-order valence-electron chi connectivity index (χ2n) is 5.72. The first kappa shape index (κ1) is 15.1. The number of hydrogen-bond acceptors (Lipinski definition) is 2. The van der Waals surface area contributed by atoms with Crippen LogP contribution in [0.3, 0.4) is 0 Å². The van der Waals surface area contributed by atoms with E-state index >= 15 is 0 Å². The lowest BCUT2D eigenvalue weighted by molar-refractivity contribution is 0.458. The molecule has 0 radical (unpaired) electrons. The highest BCUT2D eigenvalue weighted by Crippen LogP contribution is 2.23. The third-order valence-electron chi connectivity index (χ3n) is 3.52. The van der Waals surface area contributed by atoms with Crippen LogP contribution in [0.25, 0.3) is 0 Å². The fraction of sp³-hybridized carbons (Fsp3) is 0.438. The van der Waals surface area contributed by atoms with Crippen molar-refractivity contribution in [2.75, 3.05) is 13.1 Å². The van der Waals surface area contributed by atoms with Gasteiger partial charge in [-0.05, 0) is 30.7 Å². The molecule has 1 aromatic carbocycles. The Balaban J connectivity index is 1.73. The molecule has 0 aliphatic heterocycles. The highest BCUT2D eigenvalue weighted by atomic mass is 35.5. The molecule has 0 aliphatic rings. The molecule has 0 saturated heterocycles. The zero-order valence-corrected chi connectivity index (χ0v) is 12.9. The van der Waals surface area contributed by atoms with Gasteiger partial charge in [-0.3, -0.25) is 0 Å². The molecule has 0 unspecified atom stereocenters. The Morgan fingerprint density at radius 1 is 1.25 bits per heavy atom. The van der Waals surface area contributed by atoms with Crippen molar-refractivity contribution in [1.29, 1.82) is 0 Å². The Morgan fingerprint density at radius 3 is 2.65 bits per heavy atom. The molecule has 3 nitrogen and oxygen atoms in total. The van der Waals surface area contributed by atoms with Crippen molar-refractivity contribution < 1.29 is 0 Å². The largest absolute Gasteiger partial charge is 0.337 e. The zero-order chi connectivity index (χ0) is 14.4. The topological polar surface area (TPSA) is 29.9 Å². The van der Waals surface area contributed by atoms with E-state index in [2.05, 4.69) is 40.8 Å². The van der Waals surface area contributed by atoms with Gasteiger partial charge in [-0.2, -0.15) is 0 Å². The molecule has 2 aromatic rings. The van der Waals surface area contributed by atoms with Crippen LogP contribution in [0, 0.1) is 0 Å². The van der Waals surface area contributed by atoms with Crippen LogP contribution in [0.4, 0.5) is 0 Å². The molecule has 4 heteroatoms. The maximum atomic E-state index is 5.93. The highest BCUT2D eigenvalue weighted by Gasteiger charge is 2.19. The maximum absolute atomic E-state index is 5.93. The van der Waals surface area contributed by atoms with Gasteiger partial charge in [0.25, 0.3) is 0 Å². The minimum Gasteiger partial charge on any atom is -0.337 e. The van der Waals surface area contributed by atoms with Crippen molar-refractivity contribution in [1.82, 2.24) is 14.9 Å². The SMILES string of the molecule is CC(C)(CNCCCn1ccnc1)c1ccc(Cl)cc1. The smallest absolute Gasteiger partial charge is 0.0945 e. The van der Waals surface area contributed by atoms with Crippen LogP contribution in [0.1, 0.15) is 25.8 Å². The van der Waals surface area contributed by atoms with Gasteiger partial charge in [-0.1, -0.05) is 37.6 Å². The number of imidazole rings is 1. The second kappa shape index (κ2) is 6.91. The van der Waals surface area contributed by atoms with E-state index in [1.807, 2.05) is 30.9 Å². The standard InChI is InChI=1S/C16H22ClN3/c1-16(2,14-4-6-15(17)7-5-14)12-18-8-3-10-20-11-9-19-13-20/h4-7,9,11,13,18H,3,8,10,12H2,1-2H3. The Bertz CT molecular complexity index is 503. The van der Waals surface area contributed by atoms with E-state index in [-0.39, 0.29) is 5.41 Å². The number of aromatic nitrogens is 2. The van der Waals surface area contributed by atoms with E-state index in [1.165, 1.54) is 5.56 Å². The van der Waals surface area contributed by atoms with Crippen LogP contribution in [-0.4, -0.2) is 22.6 Å². The minimum absolute atomic E-state index is 0.111. The summed E-state index contributed by atoms with van der Waals surface area (Å²) in [5.41, 5.74) is 1.42. The van der Waals surface area contributed by atoms with Gasteiger partial charge in [0, 0.05) is 35.9 Å². The second-order valence-corrected chi connectivity index (χ2v) is 6.16. The average molecular weight is 292 g/mol. The van der Waals surface area contributed by atoms with Crippen LogP contribution >= 0.6 is 11.6 Å². The fourth-order valence-corrected chi connectivity index (χ4v) is 2.34. The molecule has 2 rings (SSSR count). The molecule has 108 valence electrons. The van der Waals surface area contributed by atoms with Gasteiger partial charge in [0.1, 0.15) is 0 Å². The van der Waals surface area contributed by atoms with E-state index in [1.54, 1.807) is 0 Å². The molecule has 0 fully saturated rings. The van der Waals surface area contributed by atoms with E-state index in [0.717, 1.165) is 31.1 Å². The number of benzene rings is 1. The lowest BCUT2D eigenvalue weighted by Gasteiger charge is -2.26. The minimum atomic E-state index is 0.111. The van der Waals surface area contributed by atoms with E-state index in [9.17, 15) is 0 Å². The molecule has 1 N–H and O–H groups in total. The van der Waals surface area contributed by atoms with E-state index in [4.69, 9.17) is 11.6 Å². The summed E-state index contributed by atoms with van der Waals surface area (Å²) in [5, 5.41) is 4.32. The first-order valence-corrected chi connectivity index (χ1v) is 7.38. The summed E-state index contributed by atoms with van der Waals surface area (Å²) < 4.78 is 2.10. The van der Waals surface area contributed by atoms with Gasteiger partial charge in [-0.15, -0.1) is 0 Å². The van der Waals surface area contributed by atoms with Crippen molar-refractivity contribution in [3.63, 3.8) is 0 Å². The fourth-order valence-electron chi connectivity index (χ4n) is 2.21. The molecular formula is C16H22ClN3. The number of hydrogen-bond donors (Lipinski definition) is 1. The number of nitrogens with one attached hydrogen (secondary N) is 1. The summed E-state index contributed by atoms with van der Waals surface area (Å²) in [5.74, 6) is 0. The van der Waals surface area contributed by atoms with E-state index < -0.39 is 0 Å². The quantitative estimate of drug-likeness (QED) is 0.791. The van der Waals surface area contributed by atoms with Gasteiger partial charge in [0.05, 0.1) is 6.33 Å². The number of rotatable bonds is 7. The molecule has 20 heavy (non-hydrogen) atoms. The van der Waals surface area contributed by atoms with Crippen molar-refractivity contribution in [2.24, 2.45) is 0 Å². The average Bonchev–Trinajstić information content (AvgIpc) is 2.92. The van der Waals surface area contributed by atoms with Crippen LogP contribution in [0.2, 0.25) is 5.02 Å². The van der Waals surface area contributed by atoms with Gasteiger partial charge in [0.15, 0.2) is 0 Å². The summed E-state index contributed by atoms with van der Waals surface area (Å²) in [6, 6.07) is 8.13. The predicted octanol–water partition coefficient (Wildman–Crippen LogP) is 3.49. The van der Waals surface area contributed by atoms with Crippen molar-refractivity contribution >= 4 is 11.6 Å². The lowest BCUT2D eigenvalue weighted by atomic mass is 9.84. The Labute approximate surface area is 126 Å². The maximum Gasteiger partial charge on any atom is 0.0945 e. The molecule has 0 amide bonds. The van der Waals surface area contributed by atoms with Crippen molar-refractivity contribution in [2.45, 2.75) is 32.2 Å². The van der Waals surface area contributed by atoms with Gasteiger partial charge < -0.3 is 9.88 Å². The first-order valence-electron chi connectivity index (χ1n) is 7.00. The Hall–Kier alpha value is -1.32. The summed E-state index contributed by atoms with van der Waals surface area (Å²) in [7, 11) is 0. The predicted molar refractivity (Wildman–Crippen MR) is 84.2 cm³/mol. The van der Waals surface area contributed by atoms with Gasteiger partial charge in [-0.25, -0.2) is 4.98 Å². The van der Waals surface area contributed by atoms with Gasteiger partial charge >= 0.3 is 0 Å². The van der Waals surface area contributed by atoms with Crippen molar-refractivity contribution in [3.8, 4) is 0 Å². The highest BCUT2D eigenvalue weighted by molar-refractivity contribution is 6.30. The Kier molecular flexibility index (Phi) is 5.21.